The van der Waals surface area contributed by atoms with Crippen LogP contribution in [0.2, 0.25) is 0 Å². The molecule has 0 aromatic heterocycles. The van der Waals surface area contributed by atoms with Crippen molar-refractivity contribution >= 4 is 27.6 Å². The molecule has 2 rings (SSSR count). The molecule has 156 valence electrons. The van der Waals surface area contributed by atoms with Gasteiger partial charge in [0.25, 0.3) is 5.91 Å². The molecule has 29 heavy (non-hydrogen) atoms. The van der Waals surface area contributed by atoms with Gasteiger partial charge in [-0.1, -0.05) is 43.7 Å². The average Bonchev–Trinajstić information content (AvgIpc) is 2.67. The second kappa shape index (κ2) is 9.67. The first-order chi connectivity index (χ1) is 13.6. The summed E-state index contributed by atoms with van der Waals surface area (Å²) in [7, 11) is -2.53. The fraction of sp³-hybridized carbons (Fsp3) is 0.333. The summed E-state index contributed by atoms with van der Waals surface area (Å²) in [6.07, 6.45) is 0. The van der Waals surface area contributed by atoms with Crippen LogP contribution >= 0.6 is 0 Å². The number of carbonyl (C=O) groups excluding carboxylic acids is 2. The number of nitrogens with zero attached hydrogens (tertiary/aromatic N) is 1. The van der Waals surface area contributed by atoms with Crippen LogP contribution in [0, 0.1) is 6.92 Å². The maximum absolute atomic E-state index is 12.5. The normalized spacial score (nSPS) is 11.5. The fourth-order valence-electron chi connectivity index (χ4n) is 2.50. The third-order valence-corrected chi connectivity index (χ3v) is 6.12. The van der Waals surface area contributed by atoms with E-state index in [2.05, 4.69) is 19.2 Å². The molecule has 1 N–H and O–H groups in total. The zero-order valence-corrected chi connectivity index (χ0v) is 17.8. The second-order valence-electron chi connectivity index (χ2n) is 7.06. The van der Waals surface area contributed by atoms with Crippen LogP contribution in [0.25, 0.3) is 0 Å². The van der Waals surface area contributed by atoms with E-state index in [4.69, 9.17) is 4.74 Å². The predicted molar refractivity (Wildman–Crippen MR) is 111 cm³/mol. The van der Waals surface area contributed by atoms with E-state index in [1.165, 1.54) is 19.2 Å². The number of rotatable bonds is 8. The number of anilines is 1. The predicted octanol–water partition coefficient (Wildman–Crippen LogP) is 2.92. The lowest BCUT2D eigenvalue weighted by atomic mass is 10.0. The smallest absolute Gasteiger partial charge is 0.321 e. The second-order valence-corrected chi connectivity index (χ2v) is 9.10. The highest BCUT2D eigenvalue weighted by Gasteiger charge is 2.23. The molecule has 0 saturated heterocycles. The van der Waals surface area contributed by atoms with Crippen molar-refractivity contribution in [3.8, 4) is 0 Å². The van der Waals surface area contributed by atoms with Gasteiger partial charge in [0, 0.05) is 12.7 Å². The third-order valence-electron chi connectivity index (χ3n) is 4.31. The van der Waals surface area contributed by atoms with Crippen LogP contribution in [0.3, 0.4) is 0 Å². The van der Waals surface area contributed by atoms with Crippen molar-refractivity contribution in [2.45, 2.75) is 31.6 Å². The van der Waals surface area contributed by atoms with E-state index in [-0.39, 0.29) is 4.90 Å². The van der Waals surface area contributed by atoms with Gasteiger partial charge in [0.2, 0.25) is 10.0 Å². The maximum atomic E-state index is 12.5. The quantitative estimate of drug-likeness (QED) is 0.666. The lowest BCUT2D eigenvalue weighted by molar-refractivity contribution is -0.147. The van der Waals surface area contributed by atoms with Crippen LogP contribution in [0.5, 0.6) is 0 Å². The molecule has 2 aromatic carbocycles. The van der Waals surface area contributed by atoms with E-state index in [0.717, 1.165) is 15.4 Å². The summed E-state index contributed by atoms with van der Waals surface area (Å²) in [6.45, 7) is 5.00. The molecule has 0 saturated carbocycles. The SMILES string of the molecule is Cc1ccc(S(=O)(=O)N(C)CC(=O)OCC(=O)Nc2ccc(C(C)C)cc2)cc1. The molecule has 0 radical (unpaired) electrons. The Bertz CT molecular complexity index is 952. The molecule has 0 spiro atoms. The number of carbonyl (C=O) groups is 2. The van der Waals surface area contributed by atoms with Crippen LogP contribution in [-0.2, 0) is 24.3 Å². The number of hydrogen-bond donors (Lipinski definition) is 1. The van der Waals surface area contributed by atoms with Crippen molar-refractivity contribution in [1.82, 2.24) is 4.31 Å². The van der Waals surface area contributed by atoms with Gasteiger partial charge in [-0.3, -0.25) is 9.59 Å². The number of sulfonamides is 1. The summed E-state index contributed by atoms with van der Waals surface area (Å²) >= 11 is 0. The molecule has 0 aliphatic carbocycles. The summed E-state index contributed by atoms with van der Waals surface area (Å²) in [6, 6.07) is 13.7. The van der Waals surface area contributed by atoms with Crippen LogP contribution < -0.4 is 5.32 Å². The van der Waals surface area contributed by atoms with Crippen molar-refractivity contribution in [1.29, 1.82) is 0 Å². The Balaban J connectivity index is 1.85. The fourth-order valence-corrected chi connectivity index (χ4v) is 3.61. The topological polar surface area (TPSA) is 92.8 Å². The highest BCUT2D eigenvalue weighted by atomic mass is 32.2. The number of aryl methyl sites for hydroxylation is 1. The summed E-state index contributed by atoms with van der Waals surface area (Å²) in [5.74, 6) is -0.929. The van der Waals surface area contributed by atoms with Crippen molar-refractivity contribution in [2.24, 2.45) is 0 Å². The monoisotopic (exact) mass is 418 g/mol. The number of ether oxygens (including phenoxy) is 1. The largest absolute Gasteiger partial charge is 0.455 e. The van der Waals surface area contributed by atoms with Gasteiger partial charge in [-0.05, 0) is 42.7 Å². The molecule has 0 heterocycles. The summed E-state index contributed by atoms with van der Waals surface area (Å²) < 4.78 is 30.7. The number of likely N-dealkylation sites (N-methyl/N-ethyl adjacent to an activating group) is 1. The summed E-state index contributed by atoms with van der Waals surface area (Å²) in [5, 5.41) is 2.63. The van der Waals surface area contributed by atoms with E-state index in [9.17, 15) is 18.0 Å². The van der Waals surface area contributed by atoms with Crippen molar-refractivity contribution < 1.29 is 22.7 Å². The molecule has 0 bridgehead atoms. The molecule has 0 atom stereocenters. The first-order valence-electron chi connectivity index (χ1n) is 9.18. The Morgan fingerprint density at radius 3 is 2.17 bits per heavy atom. The molecule has 0 fully saturated rings. The summed E-state index contributed by atoms with van der Waals surface area (Å²) in [4.78, 5) is 24.0. The molecule has 7 nitrogen and oxygen atoms in total. The van der Waals surface area contributed by atoms with Crippen molar-refractivity contribution in [3.05, 3.63) is 59.7 Å². The average molecular weight is 419 g/mol. The van der Waals surface area contributed by atoms with E-state index in [0.29, 0.717) is 11.6 Å². The lowest BCUT2D eigenvalue weighted by Crippen LogP contribution is -2.34. The molecular formula is C21H26N2O5S. The zero-order valence-electron chi connectivity index (χ0n) is 17.0. The van der Waals surface area contributed by atoms with Gasteiger partial charge in [0.1, 0.15) is 6.54 Å². The van der Waals surface area contributed by atoms with Crippen molar-refractivity contribution in [3.63, 3.8) is 0 Å². The van der Waals surface area contributed by atoms with E-state index in [1.54, 1.807) is 24.3 Å². The Kier molecular flexibility index (Phi) is 7.53. The minimum atomic E-state index is -3.82. The number of hydrogen-bond acceptors (Lipinski definition) is 5. The van der Waals surface area contributed by atoms with Crippen LogP contribution in [0.4, 0.5) is 5.69 Å². The Morgan fingerprint density at radius 1 is 1.03 bits per heavy atom. The van der Waals surface area contributed by atoms with Gasteiger partial charge in [0.15, 0.2) is 6.61 Å². The summed E-state index contributed by atoms with van der Waals surface area (Å²) in [5.41, 5.74) is 2.66. The highest BCUT2D eigenvalue weighted by molar-refractivity contribution is 7.89. The molecule has 0 aliphatic rings. The Morgan fingerprint density at radius 2 is 1.62 bits per heavy atom. The first kappa shape index (κ1) is 22.6. The first-order valence-corrected chi connectivity index (χ1v) is 10.6. The van der Waals surface area contributed by atoms with E-state index >= 15 is 0 Å². The van der Waals surface area contributed by atoms with Gasteiger partial charge in [0.05, 0.1) is 4.90 Å². The molecular weight excluding hydrogens is 392 g/mol. The van der Waals surface area contributed by atoms with Gasteiger partial charge in [-0.2, -0.15) is 4.31 Å². The number of esters is 1. The van der Waals surface area contributed by atoms with Gasteiger partial charge in [-0.15, -0.1) is 0 Å². The number of nitrogens with one attached hydrogen (secondary N) is 1. The minimum Gasteiger partial charge on any atom is -0.455 e. The maximum Gasteiger partial charge on any atom is 0.321 e. The minimum absolute atomic E-state index is 0.0842. The molecule has 8 heteroatoms. The number of amides is 1. The number of benzene rings is 2. The molecule has 0 aliphatic heterocycles. The Labute approximate surface area is 171 Å². The molecule has 2 aromatic rings. The standard InChI is InChI=1S/C21H26N2O5S/c1-15(2)17-7-9-18(10-8-17)22-20(24)14-28-21(25)13-23(4)29(26,27)19-11-5-16(3)6-12-19/h5-12,15H,13-14H2,1-4H3,(H,22,24). The third kappa shape index (κ3) is 6.40. The van der Waals surface area contributed by atoms with E-state index < -0.39 is 35.1 Å². The zero-order chi connectivity index (χ0) is 21.6. The van der Waals surface area contributed by atoms with Gasteiger partial charge < -0.3 is 10.1 Å². The highest BCUT2D eigenvalue weighted by Crippen LogP contribution is 2.17. The molecule has 0 unspecified atom stereocenters. The van der Waals surface area contributed by atoms with E-state index in [1.807, 2.05) is 19.1 Å². The van der Waals surface area contributed by atoms with Crippen LogP contribution in [-0.4, -0.2) is 44.8 Å². The lowest BCUT2D eigenvalue weighted by Gasteiger charge is -2.16. The van der Waals surface area contributed by atoms with Crippen LogP contribution in [0.1, 0.15) is 30.9 Å². The van der Waals surface area contributed by atoms with Gasteiger partial charge >= 0.3 is 5.97 Å². The van der Waals surface area contributed by atoms with Crippen LogP contribution in [0.15, 0.2) is 53.4 Å². The Hall–Kier alpha value is -2.71. The molecule has 1 amide bonds. The van der Waals surface area contributed by atoms with Gasteiger partial charge in [-0.25, -0.2) is 8.42 Å². The van der Waals surface area contributed by atoms with Crippen molar-refractivity contribution in [2.75, 3.05) is 25.5 Å².